The Labute approximate surface area is 136 Å². The van der Waals surface area contributed by atoms with Crippen LogP contribution in [-0.4, -0.2) is 37.0 Å². The molecule has 1 aromatic carbocycles. The fraction of sp³-hybridized carbons (Fsp3) is 0.533. The van der Waals surface area contributed by atoms with E-state index in [0.717, 1.165) is 13.1 Å². The number of hydrogen-bond donors (Lipinski definition) is 2. The highest BCUT2D eigenvalue weighted by molar-refractivity contribution is 6.39. The lowest BCUT2D eigenvalue weighted by Crippen LogP contribution is -2.42. The lowest BCUT2D eigenvalue weighted by Gasteiger charge is -2.30. The van der Waals surface area contributed by atoms with Crippen molar-refractivity contribution in [3.05, 3.63) is 28.2 Å². The van der Waals surface area contributed by atoms with Crippen LogP contribution in [0.2, 0.25) is 10.0 Å². The third kappa shape index (κ3) is 5.83. The van der Waals surface area contributed by atoms with Crippen LogP contribution >= 0.6 is 23.2 Å². The second-order valence-corrected chi connectivity index (χ2v) is 6.63. The van der Waals surface area contributed by atoms with Gasteiger partial charge in [-0.2, -0.15) is 0 Å². The second kappa shape index (κ2) is 7.99. The van der Waals surface area contributed by atoms with Gasteiger partial charge in [-0.25, -0.2) is 0 Å². The van der Waals surface area contributed by atoms with Crippen LogP contribution < -0.4 is 11.1 Å². The Morgan fingerprint density at radius 1 is 1.33 bits per heavy atom. The second-order valence-electron chi connectivity index (χ2n) is 5.82. The molecule has 1 rings (SSSR count). The number of rotatable bonds is 7. The van der Waals surface area contributed by atoms with Crippen molar-refractivity contribution >= 4 is 34.8 Å². The summed E-state index contributed by atoms with van der Waals surface area (Å²) >= 11 is 12.1. The molecule has 6 heteroatoms. The van der Waals surface area contributed by atoms with E-state index in [9.17, 15) is 4.79 Å². The Bertz CT molecular complexity index is 472. The van der Waals surface area contributed by atoms with Crippen LogP contribution in [0.4, 0.5) is 5.69 Å². The van der Waals surface area contributed by atoms with Gasteiger partial charge >= 0.3 is 0 Å². The predicted octanol–water partition coefficient (Wildman–Crippen LogP) is 3.24. The van der Waals surface area contributed by atoms with Gasteiger partial charge in [0.2, 0.25) is 5.91 Å². The third-order valence-electron chi connectivity index (χ3n) is 3.25. The fourth-order valence-corrected chi connectivity index (χ4v) is 2.44. The molecule has 0 aliphatic heterocycles. The molecule has 0 saturated heterocycles. The van der Waals surface area contributed by atoms with Crippen molar-refractivity contribution in [2.24, 2.45) is 11.1 Å². The molecule has 4 nitrogen and oxygen atoms in total. The summed E-state index contributed by atoms with van der Waals surface area (Å²) in [4.78, 5) is 14.2. The highest BCUT2D eigenvalue weighted by Crippen LogP contribution is 2.29. The van der Waals surface area contributed by atoms with Gasteiger partial charge in [0, 0.05) is 6.54 Å². The number of anilines is 1. The van der Waals surface area contributed by atoms with Gasteiger partial charge in [0.05, 0.1) is 22.3 Å². The standard InChI is InChI=1S/C15H23Cl2N3O/c1-4-20(10-15(2,3)9-18)8-13(21)19-14-11(16)6-5-7-12(14)17/h5-7H,4,8-10,18H2,1-3H3,(H,19,21). The molecule has 1 aromatic rings. The van der Waals surface area contributed by atoms with E-state index in [1.54, 1.807) is 18.2 Å². The molecular weight excluding hydrogens is 309 g/mol. The van der Waals surface area contributed by atoms with E-state index in [-0.39, 0.29) is 17.9 Å². The number of hydrogen-bond acceptors (Lipinski definition) is 3. The number of para-hydroxylation sites is 1. The average Bonchev–Trinajstić information content (AvgIpc) is 2.42. The number of amides is 1. The van der Waals surface area contributed by atoms with Crippen molar-refractivity contribution in [1.29, 1.82) is 0 Å². The number of halogens is 2. The van der Waals surface area contributed by atoms with E-state index in [1.165, 1.54) is 0 Å². The molecule has 0 radical (unpaired) electrons. The van der Waals surface area contributed by atoms with Gasteiger partial charge in [0.15, 0.2) is 0 Å². The van der Waals surface area contributed by atoms with Crippen molar-refractivity contribution in [3.63, 3.8) is 0 Å². The van der Waals surface area contributed by atoms with E-state index < -0.39 is 0 Å². The topological polar surface area (TPSA) is 58.4 Å². The van der Waals surface area contributed by atoms with Gasteiger partial charge in [-0.1, -0.05) is 50.0 Å². The summed E-state index contributed by atoms with van der Waals surface area (Å²) in [6.07, 6.45) is 0. The molecule has 0 saturated carbocycles. The van der Waals surface area contributed by atoms with Gasteiger partial charge in [0.1, 0.15) is 0 Å². The number of benzene rings is 1. The van der Waals surface area contributed by atoms with Crippen molar-refractivity contribution < 1.29 is 4.79 Å². The minimum Gasteiger partial charge on any atom is -0.330 e. The van der Waals surface area contributed by atoms with Crippen LogP contribution in [0.15, 0.2) is 18.2 Å². The quantitative estimate of drug-likeness (QED) is 0.806. The van der Waals surface area contributed by atoms with Gasteiger partial charge in [-0.15, -0.1) is 0 Å². The molecule has 0 aliphatic rings. The smallest absolute Gasteiger partial charge is 0.238 e. The minimum atomic E-state index is -0.139. The van der Waals surface area contributed by atoms with Crippen LogP contribution in [-0.2, 0) is 4.79 Å². The summed E-state index contributed by atoms with van der Waals surface area (Å²) in [6.45, 7) is 8.55. The van der Waals surface area contributed by atoms with E-state index in [4.69, 9.17) is 28.9 Å². The summed E-state index contributed by atoms with van der Waals surface area (Å²) in [7, 11) is 0. The van der Waals surface area contributed by atoms with Gasteiger partial charge < -0.3 is 11.1 Å². The monoisotopic (exact) mass is 331 g/mol. The number of carbonyl (C=O) groups excluding carboxylic acids is 1. The highest BCUT2D eigenvalue weighted by Gasteiger charge is 2.21. The van der Waals surface area contributed by atoms with Crippen molar-refractivity contribution in [1.82, 2.24) is 4.90 Å². The molecule has 0 atom stereocenters. The van der Waals surface area contributed by atoms with Crippen LogP contribution in [0.25, 0.3) is 0 Å². The first-order chi connectivity index (χ1) is 9.79. The number of likely N-dealkylation sites (N-methyl/N-ethyl adjacent to an activating group) is 1. The normalized spacial score (nSPS) is 11.8. The Morgan fingerprint density at radius 2 is 1.90 bits per heavy atom. The zero-order valence-electron chi connectivity index (χ0n) is 12.7. The Balaban J connectivity index is 2.67. The largest absolute Gasteiger partial charge is 0.330 e. The fourth-order valence-electron chi connectivity index (χ4n) is 1.95. The molecule has 0 spiro atoms. The minimum absolute atomic E-state index is 0.0294. The van der Waals surface area contributed by atoms with Crippen LogP contribution in [0, 0.1) is 5.41 Å². The van der Waals surface area contributed by atoms with E-state index in [2.05, 4.69) is 19.2 Å². The molecule has 0 aromatic heterocycles. The zero-order chi connectivity index (χ0) is 16.0. The van der Waals surface area contributed by atoms with Gasteiger partial charge in [-0.3, -0.25) is 9.69 Å². The summed E-state index contributed by atoms with van der Waals surface area (Å²) in [6, 6.07) is 5.12. The summed E-state index contributed by atoms with van der Waals surface area (Å²) in [5.74, 6) is -0.139. The maximum Gasteiger partial charge on any atom is 0.238 e. The first-order valence-corrected chi connectivity index (χ1v) is 7.71. The molecule has 3 N–H and O–H groups in total. The molecule has 118 valence electrons. The highest BCUT2D eigenvalue weighted by atomic mass is 35.5. The zero-order valence-corrected chi connectivity index (χ0v) is 14.3. The number of nitrogens with two attached hydrogens (primary N) is 1. The summed E-state index contributed by atoms with van der Waals surface area (Å²) in [5, 5.41) is 3.63. The molecule has 0 heterocycles. The Kier molecular flexibility index (Phi) is 6.94. The van der Waals surface area contributed by atoms with E-state index >= 15 is 0 Å². The molecular formula is C15H23Cl2N3O. The molecule has 1 amide bonds. The van der Waals surface area contributed by atoms with Crippen molar-refractivity contribution in [3.8, 4) is 0 Å². The maximum atomic E-state index is 12.2. The molecule has 21 heavy (non-hydrogen) atoms. The lowest BCUT2D eigenvalue weighted by molar-refractivity contribution is -0.117. The Hall–Kier alpha value is -0.810. The van der Waals surface area contributed by atoms with Crippen molar-refractivity contribution in [2.75, 3.05) is 31.5 Å². The van der Waals surface area contributed by atoms with Gasteiger partial charge in [0.25, 0.3) is 0 Å². The summed E-state index contributed by atoms with van der Waals surface area (Å²) < 4.78 is 0. The predicted molar refractivity (Wildman–Crippen MR) is 90.0 cm³/mol. The van der Waals surface area contributed by atoms with Crippen molar-refractivity contribution in [2.45, 2.75) is 20.8 Å². The first-order valence-electron chi connectivity index (χ1n) is 6.95. The van der Waals surface area contributed by atoms with E-state index in [0.29, 0.717) is 22.3 Å². The molecule has 0 aliphatic carbocycles. The Morgan fingerprint density at radius 3 is 2.38 bits per heavy atom. The number of carbonyl (C=O) groups is 1. The molecule has 0 bridgehead atoms. The maximum absolute atomic E-state index is 12.2. The molecule has 0 fully saturated rings. The van der Waals surface area contributed by atoms with Crippen LogP contribution in [0.1, 0.15) is 20.8 Å². The van der Waals surface area contributed by atoms with Gasteiger partial charge in [-0.05, 0) is 30.6 Å². The number of nitrogens with one attached hydrogen (secondary N) is 1. The first kappa shape index (κ1) is 18.2. The third-order valence-corrected chi connectivity index (χ3v) is 3.88. The molecule has 0 unspecified atom stereocenters. The van der Waals surface area contributed by atoms with Crippen LogP contribution in [0.5, 0.6) is 0 Å². The lowest BCUT2D eigenvalue weighted by atomic mass is 9.93. The summed E-state index contributed by atoms with van der Waals surface area (Å²) in [5.41, 5.74) is 6.17. The number of nitrogens with zero attached hydrogens (tertiary/aromatic N) is 1. The van der Waals surface area contributed by atoms with E-state index in [1.807, 2.05) is 11.8 Å². The average molecular weight is 332 g/mol. The van der Waals surface area contributed by atoms with Crippen LogP contribution in [0.3, 0.4) is 0 Å². The SMILES string of the molecule is CCN(CC(=O)Nc1c(Cl)cccc1Cl)CC(C)(C)CN.